The molecule has 0 bridgehead atoms. The Labute approximate surface area is 90.6 Å². The van der Waals surface area contributed by atoms with Crippen molar-refractivity contribution in [3.8, 4) is 5.88 Å². The number of rotatable bonds is 2. The van der Waals surface area contributed by atoms with Crippen LogP contribution in [0.15, 0.2) is 18.3 Å². The first-order valence-corrected chi connectivity index (χ1v) is 4.96. The lowest BCUT2D eigenvalue weighted by Gasteiger charge is -2.12. The van der Waals surface area contributed by atoms with Gasteiger partial charge >= 0.3 is 6.18 Å². The summed E-state index contributed by atoms with van der Waals surface area (Å²) in [4.78, 5) is 3.64. The van der Waals surface area contributed by atoms with Crippen LogP contribution in [0.25, 0.3) is 0 Å². The van der Waals surface area contributed by atoms with Gasteiger partial charge in [0.05, 0.1) is 5.56 Å². The zero-order valence-corrected chi connectivity index (χ0v) is 8.42. The van der Waals surface area contributed by atoms with Gasteiger partial charge in [-0.1, -0.05) is 0 Å². The molecule has 0 aromatic carbocycles. The van der Waals surface area contributed by atoms with Crippen molar-refractivity contribution in [2.75, 3.05) is 13.1 Å². The van der Waals surface area contributed by atoms with Gasteiger partial charge in [0.1, 0.15) is 6.10 Å². The molecule has 0 amide bonds. The van der Waals surface area contributed by atoms with Crippen LogP contribution in [0.4, 0.5) is 13.2 Å². The number of nitrogens with zero attached hydrogens (tertiary/aromatic N) is 1. The molecule has 1 unspecified atom stereocenters. The predicted octanol–water partition coefficient (Wildman–Crippen LogP) is 1.84. The van der Waals surface area contributed by atoms with Crippen molar-refractivity contribution >= 4 is 0 Å². The van der Waals surface area contributed by atoms with E-state index in [2.05, 4.69) is 10.3 Å². The molecule has 2 heterocycles. The molecule has 0 aliphatic carbocycles. The monoisotopic (exact) mass is 232 g/mol. The zero-order chi connectivity index (χ0) is 11.6. The fourth-order valence-electron chi connectivity index (χ4n) is 1.52. The molecule has 1 saturated heterocycles. The molecule has 0 saturated carbocycles. The maximum Gasteiger partial charge on any atom is 0.417 e. The Hall–Kier alpha value is -1.30. The summed E-state index contributed by atoms with van der Waals surface area (Å²) in [6.45, 7) is 1.58. The van der Waals surface area contributed by atoms with E-state index < -0.39 is 11.7 Å². The van der Waals surface area contributed by atoms with E-state index in [1.807, 2.05) is 0 Å². The highest BCUT2D eigenvalue weighted by Crippen LogP contribution is 2.29. The van der Waals surface area contributed by atoms with E-state index >= 15 is 0 Å². The predicted molar refractivity (Wildman–Crippen MR) is 51.1 cm³/mol. The molecular formula is C10H11F3N2O. The Morgan fingerprint density at radius 3 is 2.69 bits per heavy atom. The lowest BCUT2D eigenvalue weighted by atomic mass is 10.3. The van der Waals surface area contributed by atoms with Gasteiger partial charge in [-0.15, -0.1) is 0 Å². The fraction of sp³-hybridized carbons (Fsp3) is 0.500. The molecule has 3 nitrogen and oxygen atoms in total. The number of hydrogen-bond acceptors (Lipinski definition) is 3. The third kappa shape index (κ3) is 2.63. The normalized spacial score (nSPS) is 21.1. The van der Waals surface area contributed by atoms with Crippen LogP contribution >= 0.6 is 0 Å². The average molecular weight is 232 g/mol. The van der Waals surface area contributed by atoms with Gasteiger partial charge in [0.15, 0.2) is 0 Å². The number of nitrogens with one attached hydrogen (secondary N) is 1. The van der Waals surface area contributed by atoms with Crippen LogP contribution in [0.3, 0.4) is 0 Å². The summed E-state index contributed by atoms with van der Waals surface area (Å²) in [5.74, 6) is 0.238. The van der Waals surface area contributed by atoms with Crippen LogP contribution in [0, 0.1) is 0 Å². The van der Waals surface area contributed by atoms with E-state index in [4.69, 9.17) is 4.74 Å². The maximum atomic E-state index is 12.2. The second kappa shape index (κ2) is 4.29. The van der Waals surface area contributed by atoms with E-state index in [0.717, 1.165) is 25.2 Å². The third-order valence-electron chi connectivity index (χ3n) is 2.37. The molecule has 1 aliphatic heterocycles. The van der Waals surface area contributed by atoms with Crippen LogP contribution in [-0.4, -0.2) is 24.2 Å². The minimum atomic E-state index is -4.35. The number of pyridine rings is 1. The van der Waals surface area contributed by atoms with Crippen molar-refractivity contribution in [1.29, 1.82) is 0 Å². The topological polar surface area (TPSA) is 34.1 Å². The molecule has 1 aromatic heterocycles. The number of halogens is 3. The molecule has 1 atom stereocenters. The summed E-state index contributed by atoms with van der Waals surface area (Å²) < 4.78 is 42.1. The van der Waals surface area contributed by atoms with Crippen LogP contribution in [-0.2, 0) is 6.18 Å². The Balaban J connectivity index is 2.01. The first kappa shape index (κ1) is 11.2. The molecular weight excluding hydrogens is 221 g/mol. The smallest absolute Gasteiger partial charge is 0.417 e. The van der Waals surface area contributed by atoms with Crippen molar-refractivity contribution in [1.82, 2.24) is 10.3 Å². The Bertz CT molecular complexity index is 344. The minimum Gasteiger partial charge on any atom is -0.473 e. The molecule has 16 heavy (non-hydrogen) atoms. The molecule has 88 valence electrons. The van der Waals surface area contributed by atoms with E-state index in [0.29, 0.717) is 6.54 Å². The number of alkyl halides is 3. The quantitative estimate of drug-likeness (QED) is 0.844. The first-order valence-electron chi connectivity index (χ1n) is 4.96. The molecule has 2 rings (SSSR count). The third-order valence-corrected chi connectivity index (χ3v) is 2.37. The maximum absolute atomic E-state index is 12.2. The van der Waals surface area contributed by atoms with Gasteiger partial charge in [-0.25, -0.2) is 4.98 Å². The van der Waals surface area contributed by atoms with Crippen LogP contribution in [0.5, 0.6) is 5.88 Å². The number of aromatic nitrogens is 1. The molecule has 6 heteroatoms. The minimum absolute atomic E-state index is 0.00392. The van der Waals surface area contributed by atoms with E-state index in [-0.39, 0.29) is 12.0 Å². The van der Waals surface area contributed by atoms with Gasteiger partial charge in [-0.3, -0.25) is 0 Å². The van der Waals surface area contributed by atoms with E-state index in [1.165, 1.54) is 6.07 Å². The summed E-state index contributed by atoms with van der Waals surface area (Å²) >= 11 is 0. The van der Waals surface area contributed by atoms with Crippen LogP contribution < -0.4 is 10.1 Å². The molecule has 1 fully saturated rings. The zero-order valence-electron chi connectivity index (χ0n) is 8.42. The second-order valence-corrected chi connectivity index (χ2v) is 3.62. The summed E-state index contributed by atoms with van der Waals surface area (Å²) in [5, 5.41) is 3.10. The number of hydrogen-bond donors (Lipinski definition) is 1. The highest BCUT2D eigenvalue weighted by molar-refractivity contribution is 5.20. The molecule has 1 aromatic rings. The van der Waals surface area contributed by atoms with Gasteiger partial charge in [0, 0.05) is 18.8 Å². The molecule has 0 spiro atoms. The van der Waals surface area contributed by atoms with E-state index in [1.54, 1.807) is 0 Å². The largest absolute Gasteiger partial charge is 0.473 e. The van der Waals surface area contributed by atoms with Crippen molar-refractivity contribution < 1.29 is 17.9 Å². The first-order chi connectivity index (χ1) is 7.55. The molecule has 1 N–H and O–H groups in total. The fourth-order valence-corrected chi connectivity index (χ4v) is 1.52. The number of ether oxygens (including phenoxy) is 1. The summed E-state index contributed by atoms with van der Waals surface area (Å²) in [6.07, 6.45) is -2.70. The standard InChI is InChI=1S/C10H11F3N2O/c11-10(12,13)7-1-2-9(15-5-7)16-8-3-4-14-6-8/h1-2,5,8,14H,3-4,6H2. The van der Waals surface area contributed by atoms with Gasteiger partial charge in [0.2, 0.25) is 5.88 Å². The lowest BCUT2D eigenvalue weighted by molar-refractivity contribution is -0.137. The highest BCUT2D eigenvalue weighted by Gasteiger charge is 2.30. The molecule has 0 radical (unpaired) electrons. The Kier molecular flexibility index (Phi) is 3.00. The lowest BCUT2D eigenvalue weighted by Crippen LogP contribution is -2.20. The van der Waals surface area contributed by atoms with Gasteiger partial charge < -0.3 is 10.1 Å². The Morgan fingerprint density at radius 2 is 2.19 bits per heavy atom. The summed E-state index contributed by atoms with van der Waals surface area (Å²) in [7, 11) is 0. The van der Waals surface area contributed by atoms with Crippen LogP contribution in [0.1, 0.15) is 12.0 Å². The Morgan fingerprint density at radius 1 is 1.38 bits per heavy atom. The van der Waals surface area contributed by atoms with Crippen molar-refractivity contribution in [3.05, 3.63) is 23.9 Å². The van der Waals surface area contributed by atoms with Gasteiger partial charge in [-0.05, 0) is 19.0 Å². The summed E-state index contributed by atoms with van der Waals surface area (Å²) in [5.41, 5.74) is -0.760. The summed E-state index contributed by atoms with van der Waals surface area (Å²) in [6, 6.07) is 2.23. The van der Waals surface area contributed by atoms with Crippen molar-refractivity contribution in [3.63, 3.8) is 0 Å². The second-order valence-electron chi connectivity index (χ2n) is 3.62. The van der Waals surface area contributed by atoms with Gasteiger partial charge in [0.25, 0.3) is 0 Å². The van der Waals surface area contributed by atoms with E-state index in [9.17, 15) is 13.2 Å². The highest BCUT2D eigenvalue weighted by atomic mass is 19.4. The average Bonchev–Trinajstić information content (AvgIpc) is 2.70. The SMILES string of the molecule is FC(F)(F)c1ccc(OC2CCNC2)nc1. The van der Waals surface area contributed by atoms with Crippen molar-refractivity contribution in [2.45, 2.75) is 18.7 Å². The van der Waals surface area contributed by atoms with Crippen molar-refractivity contribution in [2.24, 2.45) is 0 Å². The van der Waals surface area contributed by atoms with Crippen LogP contribution in [0.2, 0.25) is 0 Å². The van der Waals surface area contributed by atoms with Gasteiger partial charge in [-0.2, -0.15) is 13.2 Å². The molecule has 1 aliphatic rings.